The lowest BCUT2D eigenvalue weighted by Gasteiger charge is -2.27. The molecule has 0 atom stereocenters. The van der Waals surface area contributed by atoms with Gasteiger partial charge in [-0.2, -0.15) is 0 Å². The van der Waals surface area contributed by atoms with Crippen LogP contribution in [0.1, 0.15) is 27.0 Å². The molecule has 6 nitrogen and oxygen atoms in total. The average molecular weight is 403 g/mol. The van der Waals surface area contributed by atoms with E-state index in [1.54, 1.807) is 17.0 Å². The smallest absolute Gasteiger partial charge is 0.254 e. The molecule has 0 saturated carbocycles. The van der Waals surface area contributed by atoms with E-state index in [1.807, 2.05) is 44.2 Å². The molecule has 1 amide bonds. The number of carbonyl (C=O) groups excluding carboxylic acids is 1. The highest BCUT2D eigenvalue weighted by Gasteiger charge is 2.20. The Bertz CT molecular complexity index is 949. The molecule has 3 rings (SSSR count). The second-order valence-corrected chi connectivity index (χ2v) is 9.05. The quantitative estimate of drug-likeness (QED) is 0.771. The third-order valence-electron chi connectivity index (χ3n) is 5.00. The van der Waals surface area contributed by atoms with Crippen molar-refractivity contribution in [3.8, 4) is 0 Å². The third-order valence-corrected chi connectivity index (χ3v) is 6.14. The molecule has 0 radical (unpaired) electrons. The number of sulfonamides is 1. The number of carbonyl (C=O) groups is 1. The summed E-state index contributed by atoms with van der Waals surface area (Å²) in [4.78, 5) is 14.3. The van der Waals surface area contributed by atoms with E-state index < -0.39 is 10.0 Å². The summed E-state index contributed by atoms with van der Waals surface area (Å²) in [7, 11) is -3.45. The van der Waals surface area contributed by atoms with Gasteiger partial charge in [-0.1, -0.05) is 18.2 Å². The molecule has 2 aromatic carbocycles. The largest absolute Gasteiger partial charge is 0.378 e. The van der Waals surface area contributed by atoms with Crippen LogP contribution in [0.25, 0.3) is 0 Å². The van der Waals surface area contributed by atoms with Crippen LogP contribution in [-0.4, -0.2) is 51.8 Å². The summed E-state index contributed by atoms with van der Waals surface area (Å²) < 4.78 is 31.4. The molecule has 28 heavy (non-hydrogen) atoms. The molecule has 1 fully saturated rings. The topological polar surface area (TPSA) is 66.9 Å². The minimum absolute atomic E-state index is 0.0241. The number of hydrogen-bond acceptors (Lipinski definition) is 4. The number of amides is 1. The molecule has 7 heteroatoms. The number of anilines is 1. The molecule has 0 unspecified atom stereocenters. The monoisotopic (exact) mass is 402 g/mol. The van der Waals surface area contributed by atoms with E-state index in [1.165, 1.54) is 10.6 Å². The van der Waals surface area contributed by atoms with Crippen molar-refractivity contribution in [2.24, 2.45) is 0 Å². The zero-order valence-electron chi connectivity index (χ0n) is 16.5. The standard InChI is InChI=1S/C21H26N2O4S/c1-16-4-9-20(14-17(16)2)23(28(3,25)26)15-18-5-7-19(8-6-18)21(24)22-10-12-27-13-11-22/h4-9,14H,10-13,15H2,1-3H3. The molecule has 0 aromatic heterocycles. The van der Waals surface area contributed by atoms with Crippen LogP contribution in [0.2, 0.25) is 0 Å². The zero-order valence-corrected chi connectivity index (χ0v) is 17.3. The molecule has 0 spiro atoms. The van der Waals surface area contributed by atoms with E-state index in [9.17, 15) is 13.2 Å². The molecule has 0 bridgehead atoms. The molecule has 1 heterocycles. The Kier molecular flexibility index (Phi) is 6.05. The maximum atomic E-state index is 12.5. The Morgan fingerprint density at radius 1 is 1.04 bits per heavy atom. The van der Waals surface area contributed by atoms with E-state index in [0.717, 1.165) is 16.7 Å². The van der Waals surface area contributed by atoms with E-state index >= 15 is 0 Å². The summed E-state index contributed by atoms with van der Waals surface area (Å²) in [6.07, 6.45) is 1.21. The first-order valence-corrected chi connectivity index (χ1v) is 11.1. The SMILES string of the molecule is Cc1ccc(N(Cc2ccc(C(=O)N3CCOCC3)cc2)S(C)(=O)=O)cc1C. The number of morpholine rings is 1. The molecular formula is C21H26N2O4S. The first-order chi connectivity index (χ1) is 13.3. The van der Waals surface area contributed by atoms with Crippen LogP contribution < -0.4 is 4.31 Å². The summed E-state index contributed by atoms with van der Waals surface area (Å²) in [5.41, 5.74) is 4.21. The van der Waals surface area contributed by atoms with Crippen molar-refractivity contribution in [3.63, 3.8) is 0 Å². The highest BCUT2D eigenvalue weighted by Crippen LogP contribution is 2.23. The predicted octanol–water partition coefficient (Wildman–Crippen LogP) is 2.74. The summed E-state index contributed by atoms with van der Waals surface area (Å²) >= 11 is 0. The van der Waals surface area contributed by atoms with Crippen LogP contribution in [0.4, 0.5) is 5.69 Å². The summed E-state index contributed by atoms with van der Waals surface area (Å²) in [5.74, 6) is -0.0241. The number of rotatable bonds is 5. The van der Waals surface area contributed by atoms with Gasteiger partial charge in [-0.25, -0.2) is 8.42 Å². The molecule has 1 aliphatic heterocycles. The lowest BCUT2D eigenvalue weighted by atomic mass is 10.1. The van der Waals surface area contributed by atoms with Gasteiger partial charge in [0.2, 0.25) is 10.0 Å². The summed E-state index contributed by atoms with van der Waals surface area (Å²) in [6.45, 7) is 6.48. The van der Waals surface area contributed by atoms with Gasteiger partial charge in [0.15, 0.2) is 0 Å². The van der Waals surface area contributed by atoms with Gasteiger partial charge in [-0.05, 0) is 54.8 Å². The van der Waals surface area contributed by atoms with Gasteiger partial charge in [-0.3, -0.25) is 9.10 Å². The van der Waals surface area contributed by atoms with E-state index in [-0.39, 0.29) is 12.5 Å². The van der Waals surface area contributed by atoms with E-state index in [0.29, 0.717) is 37.6 Å². The van der Waals surface area contributed by atoms with Crippen molar-refractivity contribution in [2.75, 3.05) is 36.9 Å². The van der Waals surface area contributed by atoms with Crippen LogP contribution in [-0.2, 0) is 21.3 Å². The minimum atomic E-state index is -3.45. The van der Waals surface area contributed by atoms with Crippen LogP contribution >= 0.6 is 0 Å². The molecular weight excluding hydrogens is 376 g/mol. The van der Waals surface area contributed by atoms with Crippen molar-refractivity contribution in [1.29, 1.82) is 0 Å². The predicted molar refractivity (Wildman–Crippen MR) is 110 cm³/mol. The van der Waals surface area contributed by atoms with Crippen LogP contribution in [0.15, 0.2) is 42.5 Å². The van der Waals surface area contributed by atoms with Gasteiger partial charge in [0, 0.05) is 18.7 Å². The Balaban J connectivity index is 1.79. The maximum absolute atomic E-state index is 12.5. The lowest BCUT2D eigenvalue weighted by Crippen LogP contribution is -2.40. The van der Waals surface area contributed by atoms with Crippen LogP contribution in [0, 0.1) is 13.8 Å². The number of aryl methyl sites for hydroxylation is 2. The molecule has 2 aromatic rings. The van der Waals surface area contributed by atoms with Crippen molar-refractivity contribution in [1.82, 2.24) is 4.90 Å². The normalized spacial score (nSPS) is 14.8. The van der Waals surface area contributed by atoms with Crippen molar-refractivity contribution in [2.45, 2.75) is 20.4 Å². The van der Waals surface area contributed by atoms with Crippen LogP contribution in [0.5, 0.6) is 0 Å². The van der Waals surface area contributed by atoms with Crippen molar-refractivity contribution >= 4 is 21.6 Å². The molecule has 1 aliphatic rings. The minimum Gasteiger partial charge on any atom is -0.378 e. The average Bonchev–Trinajstić information content (AvgIpc) is 2.68. The van der Waals surface area contributed by atoms with Gasteiger partial charge in [0.25, 0.3) is 5.91 Å². The molecule has 0 aliphatic carbocycles. The fourth-order valence-corrected chi connectivity index (χ4v) is 4.03. The number of benzene rings is 2. The Hall–Kier alpha value is -2.38. The summed E-state index contributed by atoms with van der Waals surface area (Å²) in [5, 5.41) is 0. The third kappa shape index (κ3) is 4.72. The van der Waals surface area contributed by atoms with Crippen molar-refractivity contribution < 1.29 is 17.9 Å². The second kappa shape index (κ2) is 8.32. The summed E-state index contributed by atoms with van der Waals surface area (Å²) in [6, 6.07) is 12.8. The van der Waals surface area contributed by atoms with Crippen molar-refractivity contribution in [3.05, 3.63) is 64.7 Å². The van der Waals surface area contributed by atoms with Gasteiger partial charge in [-0.15, -0.1) is 0 Å². The van der Waals surface area contributed by atoms with Gasteiger partial charge < -0.3 is 9.64 Å². The number of hydrogen-bond donors (Lipinski definition) is 0. The van der Waals surface area contributed by atoms with Gasteiger partial charge >= 0.3 is 0 Å². The highest BCUT2D eigenvalue weighted by atomic mass is 32.2. The first-order valence-electron chi connectivity index (χ1n) is 9.26. The Morgan fingerprint density at radius 3 is 2.25 bits per heavy atom. The van der Waals surface area contributed by atoms with E-state index in [4.69, 9.17) is 4.74 Å². The van der Waals surface area contributed by atoms with E-state index in [2.05, 4.69) is 0 Å². The first kappa shape index (κ1) is 20.4. The maximum Gasteiger partial charge on any atom is 0.254 e. The fraction of sp³-hybridized carbons (Fsp3) is 0.381. The molecule has 150 valence electrons. The Morgan fingerprint density at radius 2 is 1.68 bits per heavy atom. The molecule has 0 N–H and O–H groups in total. The number of nitrogens with zero attached hydrogens (tertiary/aromatic N) is 2. The lowest BCUT2D eigenvalue weighted by molar-refractivity contribution is 0.0303. The number of ether oxygens (including phenoxy) is 1. The zero-order chi connectivity index (χ0) is 20.3. The van der Waals surface area contributed by atoms with Gasteiger partial charge in [0.1, 0.15) is 0 Å². The second-order valence-electron chi connectivity index (χ2n) is 7.14. The fourth-order valence-electron chi connectivity index (χ4n) is 3.15. The molecule has 1 saturated heterocycles. The van der Waals surface area contributed by atoms with Crippen LogP contribution in [0.3, 0.4) is 0 Å². The highest BCUT2D eigenvalue weighted by molar-refractivity contribution is 7.92. The Labute approximate surface area is 166 Å². The van der Waals surface area contributed by atoms with Gasteiger partial charge in [0.05, 0.1) is 31.7 Å².